The standard InChI is InChI=1S/C11H14O2.C2H6/c1-13-11-6-5-9-8(7-12)3-2-4-10(9)11;1-2/h2-4,11-12H,5-7H2,1H3;1-2H3. The van der Waals surface area contributed by atoms with Gasteiger partial charge in [0.15, 0.2) is 0 Å². The molecule has 2 heteroatoms. The Balaban J connectivity index is 0.000000531. The lowest BCUT2D eigenvalue weighted by molar-refractivity contribution is 0.105. The van der Waals surface area contributed by atoms with Crippen LogP contribution in [0, 0.1) is 0 Å². The Bertz CT molecular complexity index is 307. The van der Waals surface area contributed by atoms with E-state index in [2.05, 4.69) is 6.07 Å². The minimum absolute atomic E-state index is 0.138. The largest absolute Gasteiger partial charge is 0.392 e. The van der Waals surface area contributed by atoms with Crippen molar-refractivity contribution >= 4 is 0 Å². The maximum atomic E-state index is 9.12. The molecular weight excluding hydrogens is 188 g/mol. The van der Waals surface area contributed by atoms with Gasteiger partial charge in [0.1, 0.15) is 0 Å². The van der Waals surface area contributed by atoms with Crippen LogP contribution in [0.25, 0.3) is 0 Å². The Hall–Kier alpha value is -0.860. The zero-order chi connectivity index (χ0) is 11.3. The van der Waals surface area contributed by atoms with Gasteiger partial charge in [0.05, 0.1) is 12.7 Å². The van der Waals surface area contributed by atoms with Crippen LogP contribution in [0.1, 0.15) is 43.1 Å². The van der Waals surface area contributed by atoms with Crippen LogP contribution in [0.15, 0.2) is 18.2 Å². The van der Waals surface area contributed by atoms with E-state index in [-0.39, 0.29) is 12.7 Å². The first-order valence-corrected chi connectivity index (χ1v) is 5.61. The zero-order valence-electron chi connectivity index (χ0n) is 9.79. The summed E-state index contributed by atoms with van der Waals surface area (Å²) in [5, 5.41) is 9.12. The molecule has 1 unspecified atom stereocenters. The van der Waals surface area contributed by atoms with E-state index in [0.717, 1.165) is 18.4 Å². The van der Waals surface area contributed by atoms with Gasteiger partial charge < -0.3 is 9.84 Å². The summed E-state index contributed by atoms with van der Waals surface area (Å²) < 4.78 is 5.36. The van der Waals surface area contributed by atoms with Crippen LogP contribution in [0.2, 0.25) is 0 Å². The van der Waals surface area contributed by atoms with Crippen molar-refractivity contribution in [3.8, 4) is 0 Å². The summed E-state index contributed by atoms with van der Waals surface area (Å²) in [6.07, 6.45) is 2.31. The molecule has 0 aromatic heterocycles. The molecule has 1 aromatic rings. The monoisotopic (exact) mass is 208 g/mol. The van der Waals surface area contributed by atoms with Gasteiger partial charge >= 0.3 is 0 Å². The molecule has 1 aliphatic carbocycles. The molecule has 1 aliphatic rings. The highest BCUT2D eigenvalue weighted by Crippen LogP contribution is 2.35. The maximum absolute atomic E-state index is 9.12. The van der Waals surface area contributed by atoms with Crippen molar-refractivity contribution in [3.63, 3.8) is 0 Å². The quantitative estimate of drug-likeness (QED) is 0.809. The third-order valence-corrected chi connectivity index (χ3v) is 2.77. The number of methoxy groups -OCH3 is 1. The average molecular weight is 208 g/mol. The predicted molar refractivity (Wildman–Crippen MR) is 61.8 cm³/mol. The minimum atomic E-state index is 0.138. The van der Waals surface area contributed by atoms with Crippen LogP contribution in [-0.4, -0.2) is 12.2 Å². The summed E-state index contributed by atoms with van der Waals surface area (Å²) in [5.74, 6) is 0. The molecule has 1 aromatic carbocycles. The molecule has 0 saturated carbocycles. The summed E-state index contributed by atoms with van der Waals surface area (Å²) >= 11 is 0. The second-order valence-corrected chi connectivity index (χ2v) is 3.41. The van der Waals surface area contributed by atoms with Crippen LogP contribution in [0.4, 0.5) is 0 Å². The summed E-state index contributed by atoms with van der Waals surface area (Å²) in [6.45, 7) is 4.14. The molecule has 0 radical (unpaired) electrons. The molecule has 0 aliphatic heterocycles. The van der Waals surface area contributed by atoms with Gasteiger partial charge in [0, 0.05) is 7.11 Å². The van der Waals surface area contributed by atoms with Gasteiger partial charge in [-0.1, -0.05) is 32.0 Å². The van der Waals surface area contributed by atoms with Crippen LogP contribution in [0.5, 0.6) is 0 Å². The topological polar surface area (TPSA) is 29.5 Å². The van der Waals surface area contributed by atoms with Crippen LogP contribution >= 0.6 is 0 Å². The number of hydrogen-bond acceptors (Lipinski definition) is 2. The van der Waals surface area contributed by atoms with E-state index >= 15 is 0 Å². The molecule has 2 nitrogen and oxygen atoms in total. The van der Waals surface area contributed by atoms with Crippen LogP contribution in [0.3, 0.4) is 0 Å². The minimum Gasteiger partial charge on any atom is -0.392 e. The summed E-state index contributed by atoms with van der Waals surface area (Å²) in [4.78, 5) is 0. The number of aliphatic hydroxyl groups excluding tert-OH is 1. The fraction of sp³-hybridized carbons (Fsp3) is 0.538. The molecule has 0 heterocycles. The number of ether oxygens (including phenoxy) is 1. The number of rotatable bonds is 2. The van der Waals surface area contributed by atoms with Crippen molar-refractivity contribution in [3.05, 3.63) is 34.9 Å². The summed E-state index contributed by atoms with van der Waals surface area (Å²) in [5.41, 5.74) is 3.60. The fourth-order valence-electron chi connectivity index (χ4n) is 2.08. The lowest BCUT2D eigenvalue weighted by Crippen LogP contribution is -1.96. The van der Waals surface area contributed by atoms with E-state index in [9.17, 15) is 0 Å². The summed E-state index contributed by atoms with van der Waals surface area (Å²) in [7, 11) is 1.74. The van der Waals surface area contributed by atoms with Crippen molar-refractivity contribution in [2.45, 2.75) is 39.4 Å². The van der Waals surface area contributed by atoms with E-state index in [4.69, 9.17) is 9.84 Å². The fourth-order valence-corrected chi connectivity index (χ4v) is 2.08. The van der Waals surface area contributed by atoms with E-state index in [1.54, 1.807) is 7.11 Å². The molecule has 15 heavy (non-hydrogen) atoms. The Morgan fingerprint density at radius 1 is 1.40 bits per heavy atom. The molecule has 0 bridgehead atoms. The molecule has 2 rings (SSSR count). The third-order valence-electron chi connectivity index (χ3n) is 2.77. The van der Waals surface area contributed by atoms with Crippen LogP contribution in [-0.2, 0) is 17.8 Å². The predicted octanol–water partition coefficient (Wildman–Crippen LogP) is 2.84. The average Bonchev–Trinajstić information content (AvgIpc) is 2.74. The van der Waals surface area contributed by atoms with Crippen molar-refractivity contribution in [2.75, 3.05) is 7.11 Å². The first kappa shape index (κ1) is 12.2. The molecule has 0 fully saturated rings. The van der Waals surface area contributed by atoms with Gasteiger partial charge in [-0.25, -0.2) is 0 Å². The highest BCUT2D eigenvalue weighted by atomic mass is 16.5. The van der Waals surface area contributed by atoms with Gasteiger partial charge in [-0.3, -0.25) is 0 Å². The van der Waals surface area contributed by atoms with Crippen molar-refractivity contribution < 1.29 is 9.84 Å². The number of hydrogen-bond donors (Lipinski definition) is 1. The van der Waals surface area contributed by atoms with Crippen molar-refractivity contribution in [2.24, 2.45) is 0 Å². The van der Waals surface area contributed by atoms with Gasteiger partial charge in [0.2, 0.25) is 0 Å². The van der Waals surface area contributed by atoms with Gasteiger partial charge in [-0.05, 0) is 29.5 Å². The molecule has 0 amide bonds. The molecule has 84 valence electrons. The second-order valence-electron chi connectivity index (χ2n) is 3.41. The number of benzene rings is 1. The van der Waals surface area contributed by atoms with E-state index in [1.807, 2.05) is 26.0 Å². The second kappa shape index (κ2) is 5.89. The van der Waals surface area contributed by atoms with Crippen molar-refractivity contribution in [1.82, 2.24) is 0 Å². The highest BCUT2D eigenvalue weighted by molar-refractivity contribution is 5.39. The van der Waals surface area contributed by atoms with Crippen molar-refractivity contribution in [1.29, 1.82) is 0 Å². The molecular formula is C13H20O2. The number of aliphatic hydroxyl groups is 1. The Morgan fingerprint density at radius 2 is 2.13 bits per heavy atom. The van der Waals surface area contributed by atoms with E-state index in [0.29, 0.717) is 0 Å². The van der Waals surface area contributed by atoms with E-state index in [1.165, 1.54) is 11.1 Å². The van der Waals surface area contributed by atoms with Crippen LogP contribution < -0.4 is 0 Å². The Labute approximate surface area is 91.9 Å². The van der Waals surface area contributed by atoms with Gasteiger partial charge in [0.25, 0.3) is 0 Å². The Kier molecular flexibility index (Phi) is 4.79. The smallest absolute Gasteiger partial charge is 0.0827 e. The molecule has 1 atom stereocenters. The molecule has 1 N–H and O–H groups in total. The SMILES string of the molecule is CC.COC1CCc2c(CO)cccc21. The zero-order valence-corrected chi connectivity index (χ0v) is 9.79. The third kappa shape index (κ3) is 2.39. The first-order valence-electron chi connectivity index (χ1n) is 5.61. The first-order chi connectivity index (χ1) is 7.36. The molecule has 0 saturated heterocycles. The lowest BCUT2D eigenvalue weighted by atomic mass is 10.0. The molecule has 0 spiro atoms. The normalized spacial score (nSPS) is 18.0. The lowest BCUT2D eigenvalue weighted by Gasteiger charge is -2.09. The highest BCUT2D eigenvalue weighted by Gasteiger charge is 2.23. The van der Waals surface area contributed by atoms with Gasteiger partial charge in [-0.2, -0.15) is 0 Å². The Morgan fingerprint density at radius 3 is 2.73 bits per heavy atom. The van der Waals surface area contributed by atoms with Gasteiger partial charge in [-0.15, -0.1) is 0 Å². The maximum Gasteiger partial charge on any atom is 0.0827 e. The number of fused-ring (bicyclic) bond motifs is 1. The van der Waals surface area contributed by atoms with E-state index < -0.39 is 0 Å². The summed E-state index contributed by atoms with van der Waals surface area (Å²) in [6, 6.07) is 6.06.